The average molecular weight is 654 g/mol. The lowest BCUT2D eigenvalue weighted by molar-refractivity contribution is -0.336. The average Bonchev–Trinajstić information content (AvgIpc) is 3.64. The van der Waals surface area contributed by atoms with E-state index < -0.39 is 23.0 Å². The molecule has 1 saturated heterocycles. The van der Waals surface area contributed by atoms with Crippen LogP contribution < -0.4 is 9.47 Å². The van der Waals surface area contributed by atoms with E-state index in [4.69, 9.17) is 28.4 Å². The molecule has 8 aliphatic rings. The lowest BCUT2D eigenvalue weighted by atomic mass is 9.32. The second-order valence-corrected chi connectivity index (χ2v) is 17.1. The fraction of sp³-hybridized carbons (Fsp3) is 0.816. The Morgan fingerprint density at radius 1 is 1.09 bits per heavy atom. The van der Waals surface area contributed by atoms with Crippen molar-refractivity contribution >= 4 is 6.16 Å². The quantitative estimate of drug-likeness (QED) is 0.178. The molecular weight excluding hydrogens is 598 g/mol. The maximum Gasteiger partial charge on any atom is 0.514 e. The van der Waals surface area contributed by atoms with Gasteiger partial charge >= 0.3 is 6.16 Å². The molecule has 260 valence electrons. The number of hydrogen-bond acceptors (Lipinski definition) is 9. The highest BCUT2D eigenvalue weighted by atomic mass is 16.7. The number of rotatable bonds is 12. The molecule has 1 aromatic rings. The van der Waals surface area contributed by atoms with Crippen LogP contribution in [0.1, 0.15) is 84.8 Å². The lowest BCUT2D eigenvalue weighted by Gasteiger charge is -2.75. The number of carbonyl (C=O) groups excluding carboxylic acids is 1. The summed E-state index contributed by atoms with van der Waals surface area (Å²) in [5.74, 6) is 2.71. The molecule has 0 radical (unpaired) electrons. The van der Waals surface area contributed by atoms with Crippen molar-refractivity contribution in [2.24, 2.45) is 34.5 Å². The fourth-order valence-corrected chi connectivity index (χ4v) is 12.4. The van der Waals surface area contributed by atoms with Gasteiger partial charge in [0, 0.05) is 49.7 Å². The van der Waals surface area contributed by atoms with Crippen LogP contribution in [0.3, 0.4) is 0 Å². The molecule has 6 aliphatic carbocycles. The van der Waals surface area contributed by atoms with Gasteiger partial charge in [-0.25, -0.2) is 4.79 Å². The largest absolute Gasteiger partial charge is 0.514 e. The zero-order chi connectivity index (χ0) is 33.2. The van der Waals surface area contributed by atoms with Gasteiger partial charge in [0.2, 0.25) is 0 Å². The molecule has 6 bridgehead atoms. The van der Waals surface area contributed by atoms with Gasteiger partial charge in [-0.1, -0.05) is 26.8 Å². The Bertz CT molecular complexity index is 1440. The van der Waals surface area contributed by atoms with Gasteiger partial charge in [0.25, 0.3) is 0 Å². The van der Waals surface area contributed by atoms with E-state index in [1.54, 1.807) is 0 Å². The third-order valence-electron chi connectivity index (χ3n) is 14.6. The molecule has 9 nitrogen and oxygen atoms in total. The molecule has 1 aromatic carbocycles. The van der Waals surface area contributed by atoms with Crippen LogP contribution in [0, 0.1) is 34.5 Å². The van der Waals surface area contributed by atoms with Gasteiger partial charge in [-0.2, -0.15) is 0 Å². The molecule has 0 amide bonds. The number of piperidine rings is 1. The maximum absolute atomic E-state index is 13.0. The van der Waals surface area contributed by atoms with E-state index in [1.807, 2.05) is 27.0 Å². The van der Waals surface area contributed by atoms with E-state index in [1.165, 1.54) is 30.5 Å². The van der Waals surface area contributed by atoms with Crippen LogP contribution in [0.25, 0.3) is 0 Å². The minimum Gasteiger partial charge on any atom is -0.479 e. The standard InChI is InChI=1S/C38H55NO8/c1-8-43-15-16-44-17-18-45-32(40)46-27-12-11-24-19-25-26-22-39(21-23-9-10-23)31(25)36-13-14-37(42-7,28(20-36)34(5,41)33(2,3)4)35(6)38(26,36)29(24)30(27)47-35/h11-12,23,25-26,28,31,41H,8-10,13-22H2,1-7H3/t25?,26?,28?,31-,34+,35-,36-,37-,38+/m1/s1. The first kappa shape index (κ1) is 32.3. The second-order valence-electron chi connectivity index (χ2n) is 17.1. The van der Waals surface area contributed by atoms with Crippen LogP contribution in [0.2, 0.25) is 0 Å². The third kappa shape index (κ3) is 3.92. The summed E-state index contributed by atoms with van der Waals surface area (Å²) in [6.07, 6.45) is 5.70. The predicted octanol–water partition coefficient (Wildman–Crippen LogP) is 5.52. The zero-order valence-corrected chi connectivity index (χ0v) is 29.5. The summed E-state index contributed by atoms with van der Waals surface area (Å²) in [7, 11) is 1.83. The molecule has 9 heteroatoms. The van der Waals surface area contributed by atoms with Crippen molar-refractivity contribution in [2.75, 3.05) is 53.2 Å². The molecule has 2 spiro atoms. The van der Waals surface area contributed by atoms with Crippen LogP contribution in [0.5, 0.6) is 11.5 Å². The highest BCUT2D eigenvalue weighted by Crippen LogP contribution is 2.86. The van der Waals surface area contributed by atoms with E-state index >= 15 is 0 Å². The highest BCUT2D eigenvalue weighted by molar-refractivity contribution is 5.71. The van der Waals surface area contributed by atoms with E-state index in [0.717, 1.165) is 38.1 Å². The Morgan fingerprint density at radius 2 is 1.83 bits per heavy atom. The van der Waals surface area contributed by atoms with Gasteiger partial charge in [0.1, 0.15) is 17.8 Å². The van der Waals surface area contributed by atoms with Gasteiger partial charge in [-0.3, -0.25) is 4.90 Å². The van der Waals surface area contributed by atoms with Crippen molar-refractivity contribution in [3.05, 3.63) is 23.3 Å². The third-order valence-corrected chi connectivity index (χ3v) is 14.6. The predicted molar refractivity (Wildman–Crippen MR) is 175 cm³/mol. The SMILES string of the molecule is CCOCCOCCOC(=O)Oc1ccc2c3c1O[C@@]1(C)[C@]34C3CN(CC5CC5)[C@H](C3C2)[C@]42CC[C@@]1(OC)C([C@](C)(O)C(C)(C)C)C2. The van der Waals surface area contributed by atoms with Gasteiger partial charge < -0.3 is 33.5 Å². The second kappa shape index (κ2) is 10.5. The van der Waals surface area contributed by atoms with Crippen molar-refractivity contribution in [2.45, 2.75) is 108 Å². The zero-order valence-electron chi connectivity index (χ0n) is 29.5. The summed E-state index contributed by atoms with van der Waals surface area (Å²) >= 11 is 0. The van der Waals surface area contributed by atoms with Crippen LogP contribution in [-0.2, 0) is 30.8 Å². The first-order chi connectivity index (χ1) is 22.3. The molecule has 47 heavy (non-hydrogen) atoms. The molecule has 2 heterocycles. The Labute approximate surface area is 279 Å². The number of carbonyl (C=O) groups is 1. The number of fused-ring (bicyclic) bond motifs is 2. The van der Waals surface area contributed by atoms with Gasteiger partial charge in [-0.15, -0.1) is 0 Å². The van der Waals surface area contributed by atoms with Gasteiger partial charge in [0.05, 0.1) is 30.8 Å². The van der Waals surface area contributed by atoms with Crippen molar-refractivity contribution in [3.63, 3.8) is 0 Å². The number of benzene rings is 1. The summed E-state index contributed by atoms with van der Waals surface area (Å²) in [4.78, 5) is 15.9. The fourth-order valence-electron chi connectivity index (χ4n) is 12.4. The first-order valence-corrected chi connectivity index (χ1v) is 18.2. The number of hydrogen-bond donors (Lipinski definition) is 1. The van der Waals surface area contributed by atoms with Gasteiger partial charge in [-0.05, 0) is 94.1 Å². The molecule has 1 N–H and O–H groups in total. The van der Waals surface area contributed by atoms with E-state index in [-0.39, 0.29) is 35.4 Å². The minimum absolute atomic E-state index is 0.0845. The van der Waals surface area contributed by atoms with Crippen molar-refractivity contribution in [3.8, 4) is 11.5 Å². The summed E-state index contributed by atoms with van der Waals surface area (Å²) < 4.78 is 36.5. The summed E-state index contributed by atoms with van der Waals surface area (Å²) in [6, 6.07) is 4.51. The summed E-state index contributed by atoms with van der Waals surface area (Å²) in [5.41, 5.74) is -0.685. The van der Waals surface area contributed by atoms with E-state index in [2.05, 4.69) is 38.7 Å². The van der Waals surface area contributed by atoms with Crippen molar-refractivity contribution in [1.29, 1.82) is 0 Å². The van der Waals surface area contributed by atoms with Crippen molar-refractivity contribution in [1.82, 2.24) is 4.90 Å². The normalized spacial score (nSPS) is 40.3. The molecular formula is C38H55NO8. The van der Waals surface area contributed by atoms with Crippen LogP contribution in [0.4, 0.5) is 4.79 Å². The number of ether oxygens (including phenoxy) is 6. The molecule has 2 aliphatic heterocycles. The van der Waals surface area contributed by atoms with Crippen LogP contribution >= 0.6 is 0 Å². The van der Waals surface area contributed by atoms with Crippen molar-refractivity contribution < 1.29 is 38.3 Å². The number of methoxy groups -OCH3 is 1. The lowest BCUT2D eigenvalue weighted by Crippen LogP contribution is -2.85. The minimum atomic E-state index is -1.01. The molecule has 5 saturated carbocycles. The van der Waals surface area contributed by atoms with Gasteiger partial charge in [0.15, 0.2) is 11.5 Å². The molecule has 9 atom stereocenters. The molecule has 0 aromatic heterocycles. The Balaban J connectivity index is 1.20. The monoisotopic (exact) mass is 653 g/mol. The maximum atomic E-state index is 13.0. The van der Waals surface area contributed by atoms with Crippen LogP contribution in [0.15, 0.2) is 12.1 Å². The molecule has 9 rings (SSSR count). The summed E-state index contributed by atoms with van der Waals surface area (Å²) in [5, 5.41) is 12.6. The number of likely N-dealkylation sites (tertiary alicyclic amines) is 1. The summed E-state index contributed by atoms with van der Waals surface area (Å²) in [6.45, 7) is 16.9. The Kier molecular flexibility index (Phi) is 7.25. The highest BCUT2D eigenvalue weighted by Gasteiger charge is 2.92. The van der Waals surface area contributed by atoms with Crippen LogP contribution in [-0.4, -0.2) is 92.2 Å². The number of aliphatic hydroxyl groups is 1. The number of nitrogens with zero attached hydrogens (tertiary/aromatic N) is 1. The molecule has 3 unspecified atom stereocenters. The van der Waals surface area contributed by atoms with E-state index in [9.17, 15) is 9.90 Å². The van der Waals surface area contributed by atoms with E-state index in [0.29, 0.717) is 49.2 Å². The topological polar surface area (TPSA) is 95.9 Å². The Morgan fingerprint density at radius 3 is 2.53 bits per heavy atom. The smallest absolute Gasteiger partial charge is 0.479 e. The Hall–Kier alpha value is -1.91. The first-order valence-electron chi connectivity index (χ1n) is 18.2. The molecule has 6 fully saturated rings.